The fourth-order valence-electron chi connectivity index (χ4n) is 3.04. The Kier molecular flexibility index (Phi) is 2.98. The molecule has 92 valence electrons. The van der Waals surface area contributed by atoms with Gasteiger partial charge in [-0.25, -0.2) is 0 Å². The van der Waals surface area contributed by atoms with Crippen molar-refractivity contribution < 1.29 is 9.90 Å². The van der Waals surface area contributed by atoms with Gasteiger partial charge in [-0.15, -0.1) is 0 Å². The van der Waals surface area contributed by atoms with Gasteiger partial charge >= 0.3 is 5.97 Å². The molecule has 1 aromatic rings. The predicted molar refractivity (Wildman–Crippen MR) is 68.3 cm³/mol. The zero-order valence-electron chi connectivity index (χ0n) is 10.8. The topological polar surface area (TPSA) is 37.3 Å². The van der Waals surface area contributed by atoms with E-state index in [9.17, 15) is 4.79 Å². The van der Waals surface area contributed by atoms with Crippen LogP contribution in [-0.2, 0) is 16.6 Å². The first-order valence-electron chi connectivity index (χ1n) is 6.23. The summed E-state index contributed by atoms with van der Waals surface area (Å²) in [7, 11) is 0. The summed E-state index contributed by atoms with van der Waals surface area (Å²) in [6, 6.07) is 6.55. The summed E-state index contributed by atoms with van der Waals surface area (Å²) in [6.45, 7) is 6.46. The highest BCUT2D eigenvalue weighted by Crippen LogP contribution is 2.42. The largest absolute Gasteiger partial charge is 0.481 e. The molecular formula is C15H20O2. The molecule has 0 spiro atoms. The molecule has 17 heavy (non-hydrogen) atoms. The van der Waals surface area contributed by atoms with Crippen molar-refractivity contribution in [2.45, 2.75) is 45.4 Å². The van der Waals surface area contributed by atoms with E-state index in [1.807, 2.05) is 0 Å². The van der Waals surface area contributed by atoms with Crippen LogP contribution in [0.5, 0.6) is 0 Å². The number of rotatable bonds is 2. The lowest BCUT2D eigenvalue weighted by molar-refractivity contribution is -0.138. The van der Waals surface area contributed by atoms with E-state index in [4.69, 9.17) is 5.11 Å². The highest BCUT2D eigenvalue weighted by atomic mass is 16.4. The molecule has 0 bridgehead atoms. The van der Waals surface area contributed by atoms with Crippen molar-refractivity contribution in [3.8, 4) is 0 Å². The van der Waals surface area contributed by atoms with Gasteiger partial charge in [-0.05, 0) is 42.2 Å². The number of hydrogen-bond acceptors (Lipinski definition) is 1. The second kappa shape index (κ2) is 4.17. The van der Waals surface area contributed by atoms with Crippen LogP contribution in [0.15, 0.2) is 18.2 Å². The van der Waals surface area contributed by atoms with Gasteiger partial charge < -0.3 is 5.11 Å². The van der Waals surface area contributed by atoms with Gasteiger partial charge in [0.2, 0.25) is 0 Å². The lowest BCUT2D eigenvalue weighted by Gasteiger charge is -2.40. The average Bonchev–Trinajstić information content (AvgIpc) is 2.21. The Morgan fingerprint density at radius 2 is 2.18 bits per heavy atom. The Hall–Kier alpha value is -1.31. The van der Waals surface area contributed by atoms with E-state index < -0.39 is 5.97 Å². The maximum absolute atomic E-state index is 10.9. The number of hydrogen-bond donors (Lipinski definition) is 1. The number of aliphatic carboxylic acids is 1. The molecular weight excluding hydrogens is 212 g/mol. The number of carbonyl (C=O) groups is 1. The van der Waals surface area contributed by atoms with Crippen molar-refractivity contribution in [1.82, 2.24) is 0 Å². The molecule has 0 saturated carbocycles. The average molecular weight is 232 g/mol. The minimum Gasteiger partial charge on any atom is -0.481 e. The fourth-order valence-corrected chi connectivity index (χ4v) is 3.04. The summed E-state index contributed by atoms with van der Waals surface area (Å²) in [5.74, 6) is -0.436. The summed E-state index contributed by atoms with van der Waals surface area (Å²) >= 11 is 0. The molecule has 0 radical (unpaired) electrons. The second-order valence-corrected chi connectivity index (χ2v) is 5.72. The van der Waals surface area contributed by atoms with Gasteiger partial charge in [-0.2, -0.15) is 0 Å². The smallest absolute Gasteiger partial charge is 0.303 e. The quantitative estimate of drug-likeness (QED) is 0.849. The summed E-state index contributed by atoms with van der Waals surface area (Å²) in [6.07, 6.45) is 2.27. The van der Waals surface area contributed by atoms with Gasteiger partial charge in [-0.1, -0.05) is 37.6 Å². The van der Waals surface area contributed by atoms with Gasteiger partial charge in [0.25, 0.3) is 0 Å². The van der Waals surface area contributed by atoms with E-state index >= 15 is 0 Å². The van der Waals surface area contributed by atoms with Crippen LogP contribution < -0.4 is 0 Å². The van der Waals surface area contributed by atoms with E-state index in [1.54, 1.807) is 0 Å². The minimum absolute atomic E-state index is 0.0281. The van der Waals surface area contributed by atoms with Crippen LogP contribution in [0.2, 0.25) is 0 Å². The minimum atomic E-state index is -0.682. The van der Waals surface area contributed by atoms with Crippen molar-refractivity contribution in [1.29, 1.82) is 0 Å². The molecule has 1 aromatic carbocycles. The van der Waals surface area contributed by atoms with Gasteiger partial charge in [0.1, 0.15) is 0 Å². The summed E-state index contributed by atoms with van der Waals surface area (Å²) in [5, 5.41) is 8.99. The molecule has 1 atom stereocenters. The van der Waals surface area contributed by atoms with Crippen LogP contribution in [0.4, 0.5) is 0 Å². The molecule has 1 unspecified atom stereocenters. The van der Waals surface area contributed by atoms with E-state index in [1.165, 1.54) is 16.7 Å². The predicted octanol–water partition coefficient (Wildman–Crippen LogP) is 3.31. The molecule has 1 aliphatic carbocycles. The maximum Gasteiger partial charge on any atom is 0.303 e. The van der Waals surface area contributed by atoms with Crippen LogP contribution in [0.1, 0.15) is 43.4 Å². The Morgan fingerprint density at radius 1 is 1.47 bits per heavy atom. The molecule has 1 N–H and O–H groups in total. The third-order valence-electron chi connectivity index (χ3n) is 4.16. The molecule has 2 heteroatoms. The highest BCUT2D eigenvalue weighted by Gasteiger charge is 2.37. The SMILES string of the molecule is Cc1ccc2c(c1)CCC(CC(=O)O)C2(C)C. The van der Waals surface area contributed by atoms with Crippen molar-refractivity contribution in [3.63, 3.8) is 0 Å². The molecule has 0 saturated heterocycles. The van der Waals surface area contributed by atoms with Gasteiger partial charge in [0.05, 0.1) is 0 Å². The molecule has 2 nitrogen and oxygen atoms in total. The Labute approximate surface area is 103 Å². The monoisotopic (exact) mass is 232 g/mol. The van der Waals surface area contributed by atoms with Crippen LogP contribution >= 0.6 is 0 Å². The molecule has 0 aromatic heterocycles. The third-order valence-corrected chi connectivity index (χ3v) is 4.16. The lowest BCUT2D eigenvalue weighted by atomic mass is 9.64. The van der Waals surface area contributed by atoms with E-state index in [2.05, 4.69) is 39.0 Å². The Morgan fingerprint density at radius 3 is 2.82 bits per heavy atom. The summed E-state index contributed by atoms with van der Waals surface area (Å²) in [4.78, 5) is 10.9. The summed E-state index contributed by atoms with van der Waals surface area (Å²) < 4.78 is 0. The Bertz CT molecular complexity index is 446. The van der Waals surface area contributed by atoms with Gasteiger partial charge in [0, 0.05) is 6.42 Å². The van der Waals surface area contributed by atoms with Gasteiger partial charge in [-0.3, -0.25) is 4.79 Å². The zero-order chi connectivity index (χ0) is 12.6. The molecule has 0 aliphatic heterocycles. The number of benzene rings is 1. The third kappa shape index (κ3) is 2.21. The van der Waals surface area contributed by atoms with E-state index in [0.717, 1.165) is 12.8 Å². The molecule has 2 rings (SSSR count). The summed E-state index contributed by atoms with van der Waals surface area (Å²) in [5.41, 5.74) is 3.99. The fraction of sp³-hybridized carbons (Fsp3) is 0.533. The van der Waals surface area contributed by atoms with Crippen LogP contribution in [0.25, 0.3) is 0 Å². The maximum atomic E-state index is 10.9. The number of carboxylic acid groups (broad SMARTS) is 1. The number of carboxylic acids is 1. The molecule has 0 heterocycles. The Balaban J connectivity index is 2.37. The van der Waals surface area contributed by atoms with Gasteiger partial charge in [0.15, 0.2) is 0 Å². The molecule has 1 aliphatic rings. The van der Waals surface area contributed by atoms with Crippen molar-refractivity contribution in [3.05, 3.63) is 34.9 Å². The molecule has 0 amide bonds. The van der Waals surface area contributed by atoms with E-state index in [-0.39, 0.29) is 17.8 Å². The second-order valence-electron chi connectivity index (χ2n) is 5.72. The first-order chi connectivity index (χ1) is 7.91. The normalized spacial score (nSPS) is 21.9. The number of fused-ring (bicyclic) bond motifs is 1. The standard InChI is InChI=1S/C15H20O2/c1-10-4-7-13-11(8-10)5-6-12(9-14(16)17)15(13,2)3/h4,7-8,12H,5-6,9H2,1-3H3,(H,16,17). The molecule has 0 fully saturated rings. The number of aryl methyl sites for hydroxylation is 2. The van der Waals surface area contributed by atoms with Crippen LogP contribution in [0.3, 0.4) is 0 Å². The van der Waals surface area contributed by atoms with E-state index in [0.29, 0.717) is 0 Å². The highest BCUT2D eigenvalue weighted by molar-refractivity contribution is 5.67. The van der Waals surface area contributed by atoms with Crippen molar-refractivity contribution in [2.24, 2.45) is 5.92 Å². The van der Waals surface area contributed by atoms with Crippen molar-refractivity contribution >= 4 is 5.97 Å². The first-order valence-corrected chi connectivity index (χ1v) is 6.23. The van der Waals surface area contributed by atoms with Crippen LogP contribution in [0, 0.1) is 12.8 Å². The lowest BCUT2D eigenvalue weighted by Crippen LogP contribution is -2.35. The van der Waals surface area contributed by atoms with Crippen LogP contribution in [-0.4, -0.2) is 11.1 Å². The first kappa shape index (κ1) is 12.2. The van der Waals surface area contributed by atoms with Crippen molar-refractivity contribution in [2.75, 3.05) is 0 Å². The zero-order valence-corrected chi connectivity index (χ0v) is 10.8.